The molecule has 0 aliphatic carbocycles. The topological polar surface area (TPSA) is 81.0 Å². The largest absolute Gasteiger partial charge is 0.494 e. The minimum Gasteiger partial charge on any atom is -0.494 e. The summed E-state index contributed by atoms with van der Waals surface area (Å²) in [4.78, 5) is 12.3. The molecule has 2 rings (SSSR count). The summed E-state index contributed by atoms with van der Waals surface area (Å²) in [5.41, 5.74) is 5.20. The van der Waals surface area contributed by atoms with Gasteiger partial charge in [0.2, 0.25) is 0 Å². The molecule has 0 aliphatic rings. The molecule has 0 radical (unpaired) electrons. The summed E-state index contributed by atoms with van der Waals surface area (Å²) >= 11 is 0. The number of rotatable bonds is 2. The molecule has 0 spiro atoms. The van der Waals surface area contributed by atoms with Crippen LogP contribution < -0.4 is 16.0 Å². The maximum atomic E-state index is 14.1. The number of hydrogen-bond donors (Lipinski definition) is 1. The summed E-state index contributed by atoms with van der Waals surface area (Å²) in [6.07, 6.45) is 0. The molecular weight excluding hydrogens is 261 g/mol. The van der Waals surface area contributed by atoms with Gasteiger partial charge in [-0.05, 0) is 25.1 Å². The van der Waals surface area contributed by atoms with Gasteiger partial charge in [0.25, 0.3) is 5.56 Å². The first kappa shape index (κ1) is 13.6. The van der Waals surface area contributed by atoms with Gasteiger partial charge in [-0.15, -0.1) is 0 Å². The van der Waals surface area contributed by atoms with E-state index >= 15 is 0 Å². The molecule has 1 aromatic carbocycles. The van der Waals surface area contributed by atoms with Crippen LogP contribution in [0.15, 0.2) is 29.1 Å². The van der Waals surface area contributed by atoms with Crippen LogP contribution in [0.25, 0.3) is 5.69 Å². The van der Waals surface area contributed by atoms with E-state index in [-0.39, 0.29) is 22.7 Å². The fourth-order valence-corrected chi connectivity index (χ4v) is 1.99. The van der Waals surface area contributed by atoms with Crippen LogP contribution in [0.1, 0.15) is 11.3 Å². The summed E-state index contributed by atoms with van der Waals surface area (Å²) in [5, 5.41) is 8.91. The first-order valence-corrected chi connectivity index (χ1v) is 5.76. The average Bonchev–Trinajstić information content (AvgIpc) is 2.44. The van der Waals surface area contributed by atoms with Crippen LogP contribution in [0.4, 0.5) is 10.1 Å². The molecule has 2 aromatic rings. The monoisotopic (exact) mass is 273 g/mol. The van der Waals surface area contributed by atoms with Crippen LogP contribution in [-0.4, -0.2) is 11.7 Å². The standard InChI is InChI=1S/C14H12FN3O2/c1-8-6-9(7-16)12(17)14(19)18(8)13-10(15)4-3-5-11(13)20-2/h3-6H,17H2,1-2H3. The molecule has 1 heterocycles. The van der Waals surface area contributed by atoms with Crippen molar-refractivity contribution in [3.8, 4) is 17.5 Å². The number of methoxy groups -OCH3 is 1. The van der Waals surface area contributed by atoms with E-state index < -0.39 is 11.4 Å². The molecule has 102 valence electrons. The van der Waals surface area contributed by atoms with Crippen LogP contribution in [0.3, 0.4) is 0 Å². The molecule has 1 aromatic heterocycles. The minimum absolute atomic E-state index is 0.0197. The molecule has 6 heteroatoms. The van der Waals surface area contributed by atoms with Gasteiger partial charge in [-0.1, -0.05) is 6.07 Å². The van der Waals surface area contributed by atoms with Gasteiger partial charge in [0, 0.05) is 5.69 Å². The molecule has 0 aliphatic heterocycles. The maximum absolute atomic E-state index is 14.1. The smallest absolute Gasteiger partial charge is 0.280 e. The van der Waals surface area contributed by atoms with Crippen molar-refractivity contribution in [3.63, 3.8) is 0 Å². The second-order valence-electron chi connectivity index (χ2n) is 4.16. The number of aryl methyl sites for hydroxylation is 1. The Morgan fingerprint density at radius 1 is 1.45 bits per heavy atom. The van der Waals surface area contributed by atoms with E-state index in [4.69, 9.17) is 15.7 Å². The number of nitrogens with two attached hydrogens (primary N) is 1. The zero-order valence-electron chi connectivity index (χ0n) is 11.0. The number of ether oxygens (including phenoxy) is 1. The van der Waals surface area contributed by atoms with Crippen LogP contribution in [-0.2, 0) is 0 Å². The number of nitrogen functional groups attached to an aromatic ring is 1. The summed E-state index contributed by atoms with van der Waals surface area (Å²) in [6, 6.07) is 7.51. The van der Waals surface area contributed by atoms with Gasteiger partial charge in [-0.2, -0.15) is 5.26 Å². The van der Waals surface area contributed by atoms with Gasteiger partial charge in [0.15, 0.2) is 5.82 Å². The van der Waals surface area contributed by atoms with Crippen molar-refractivity contribution >= 4 is 5.69 Å². The van der Waals surface area contributed by atoms with Crippen molar-refractivity contribution in [3.05, 3.63) is 51.7 Å². The lowest BCUT2D eigenvalue weighted by Gasteiger charge is -2.15. The summed E-state index contributed by atoms with van der Waals surface area (Å²) in [5.74, 6) is -0.405. The highest BCUT2D eigenvalue weighted by Crippen LogP contribution is 2.26. The number of anilines is 1. The lowest BCUT2D eigenvalue weighted by Crippen LogP contribution is -2.25. The van der Waals surface area contributed by atoms with Crippen molar-refractivity contribution < 1.29 is 9.13 Å². The van der Waals surface area contributed by atoms with Crippen molar-refractivity contribution in [1.82, 2.24) is 4.57 Å². The van der Waals surface area contributed by atoms with E-state index in [1.54, 1.807) is 13.0 Å². The molecular formula is C14H12FN3O2. The Hall–Kier alpha value is -2.81. The Balaban J connectivity index is 2.89. The Bertz CT molecular complexity index is 775. The van der Waals surface area contributed by atoms with Crippen LogP contribution in [0.5, 0.6) is 5.75 Å². The minimum atomic E-state index is -0.648. The third-order valence-electron chi connectivity index (χ3n) is 2.94. The van der Waals surface area contributed by atoms with Crippen molar-refractivity contribution in [1.29, 1.82) is 5.26 Å². The van der Waals surface area contributed by atoms with Crippen molar-refractivity contribution in [2.24, 2.45) is 0 Å². The highest BCUT2D eigenvalue weighted by molar-refractivity contribution is 5.57. The van der Waals surface area contributed by atoms with E-state index in [1.165, 1.54) is 25.3 Å². The van der Waals surface area contributed by atoms with Gasteiger partial charge in [-0.3, -0.25) is 9.36 Å². The number of pyridine rings is 1. The van der Waals surface area contributed by atoms with Crippen molar-refractivity contribution in [2.45, 2.75) is 6.92 Å². The normalized spacial score (nSPS) is 10.1. The second kappa shape index (κ2) is 5.05. The quantitative estimate of drug-likeness (QED) is 0.903. The molecule has 0 amide bonds. The van der Waals surface area contributed by atoms with E-state index in [0.717, 1.165) is 4.57 Å². The molecule has 0 saturated carbocycles. The number of nitriles is 1. The van der Waals surface area contributed by atoms with E-state index in [2.05, 4.69) is 0 Å². The van der Waals surface area contributed by atoms with Gasteiger partial charge < -0.3 is 10.5 Å². The fourth-order valence-electron chi connectivity index (χ4n) is 1.99. The molecule has 5 nitrogen and oxygen atoms in total. The Kier molecular flexibility index (Phi) is 3.44. The zero-order chi connectivity index (χ0) is 14.9. The SMILES string of the molecule is COc1cccc(F)c1-n1c(C)cc(C#N)c(N)c1=O. The predicted octanol–water partition coefficient (Wildman–Crippen LogP) is 1.75. The molecule has 2 N–H and O–H groups in total. The number of aromatic nitrogens is 1. The predicted molar refractivity (Wildman–Crippen MR) is 72.4 cm³/mol. The van der Waals surface area contributed by atoms with E-state index in [0.29, 0.717) is 5.69 Å². The third kappa shape index (κ3) is 1.99. The van der Waals surface area contributed by atoms with Gasteiger partial charge in [0.05, 0.1) is 12.7 Å². The molecule has 0 bridgehead atoms. The fraction of sp³-hybridized carbons (Fsp3) is 0.143. The van der Waals surface area contributed by atoms with Gasteiger partial charge >= 0.3 is 0 Å². The lowest BCUT2D eigenvalue weighted by molar-refractivity contribution is 0.408. The number of para-hydroxylation sites is 1. The molecule has 0 unspecified atom stereocenters. The van der Waals surface area contributed by atoms with Crippen LogP contribution in [0, 0.1) is 24.1 Å². The summed E-state index contributed by atoms with van der Waals surface area (Å²) < 4.78 is 20.2. The first-order chi connectivity index (χ1) is 9.51. The lowest BCUT2D eigenvalue weighted by atomic mass is 10.2. The highest BCUT2D eigenvalue weighted by Gasteiger charge is 2.18. The summed E-state index contributed by atoms with van der Waals surface area (Å²) in [7, 11) is 1.38. The summed E-state index contributed by atoms with van der Waals surface area (Å²) in [6.45, 7) is 1.59. The highest BCUT2D eigenvalue weighted by atomic mass is 19.1. The molecule has 20 heavy (non-hydrogen) atoms. The molecule has 0 fully saturated rings. The van der Waals surface area contributed by atoms with Crippen LogP contribution in [0.2, 0.25) is 0 Å². The Morgan fingerprint density at radius 3 is 2.75 bits per heavy atom. The number of benzene rings is 1. The van der Waals surface area contributed by atoms with Crippen LogP contribution >= 0.6 is 0 Å². The van der Waals surface area contributed by atoms with E-state index in [9.17, 15) is 9.18 Å². The van der Waals surface area contributed by atoms with E-state index in [1.807, 2.05) is 6.07 Å². The number of nitrogens with zero attached hydrogens (tertiary/aromatic N) is 2. The average molecular weight is 273 g/mol. The Labute approximate surface area is 114 Å². The van der Waals surface area contributed by atoms with Gasteiger partial charge in [0.1, 0.15) is 23.2 Å². The molecule has 0 saturated heterocycles. The third-order valence-corrected chi connectivity index (χ3v) is 2.94. The first-order valence-electron chi connectivity index (χ1n) is 5.76. The number of hydrogen-bond acceptors (Lipinski definition) is 4. The Morgan fingerprint density at radius 2 is 2.15 bits per heavy atom. The maximum Gasteiger partial charge on any atom is 0.280 e. The molecule has 0 atom stereocenters. The zero-order valence-corrected chi connectivity index (χ0v) is 11.0. The second-order valence-corrected chi connectivity index (χ2v) is 4.16. The van der Waals surface area contributed by atoms with Gasteiger partial charge in [-0.25, -0.2) is 4.39 Å². The number of halogens is 1. The van der Waals surface area contributed by atoms with Crippen molar-refractivity contribution in [2.75, 3.05) is 12.8 Å².